The SMILES string of the molecule is CC(C)OCCOc1c(Br)cc(/C=C/C(=O)O)cc1Br. The molecule has 0 aromatic heterocycles. The van der Waals surface area contributed by atoms with Gasteiger partial charge in [-0.1, -0.05) is 0 Å². The minimum absolute atomic E-state index is 0.175. The lowest BCUT2D eigenvalue weighted by Gasteiger charge is -2.12. The number of hydrogen-bond acceptors (Lipinski definition) is 3. The minimum atomic E-state index is -0.983. The van der Waals surface area contributed by atoms with Gasteiger partial charge in [-0.15, -0.1) is 0 Å². The van der Waals surface area contributed by atoms with E-state index in [2.05, 4.69) is 31.9 Å². The van der Waals surface area contributed by atoms with Crippen molar-refractivity contribution in [2.75, 3.05) is 13.2 Å². The van der Waals surface area contributed by atoms with Gasteiger partial charge in [0, 0.05) is 6.08 Å². The number of hydrogen-bond donors (Lipinski definition) is 1. The van der Waals surface area contributed by atoms with Crippen molar-refractivity contribution in [3.63, 3.8) is 0 Å². The third-order valence-electron chi connectivity index (χ3n) is 2.22. The fourth-order valence-electron chi connectivity index (χ4n) is 1.41. The lowest BCUT2D eigenvalue weighted by atomic mass is 10.2. The second kappa shape index (κ2) is 8.44. The van der Waals surface area contributed by atoms with Crippen molar-refractivity contribution in [2.45, 2.75) is 20.0 Å². The zero-order valence-corrected chi connectivity index (χ0v) is 14.4. The Morgan fingerprint density at radius 3 is 2.40 bits per heavy atom. The first-order valence-electron chi connectivity index (χ1n) is 6.04. The Morgan fingerprint density at radius 1 is 1.30 bits per heavy atom. The third-order valence-corrected chi connectivity index (χ3v) is 3.40. The first-order valence-corrected chi connectivity index (χ1v) is 7.63. The molecule has 110 valence electrons. The maximum Gasteiger partial charge on any atom is 0.328 e. The highest BCUT2D eigenvalue weighted by Crippen LogP contribution is 2.35. The van der Waals surface area contributed by atoms with Crippen molar-refractivity contribution in [2.24, 2.45) is 0 Å². The maximum absolute atomic E-state index is 10.5. The highest BCUT2D eigenvalue weighted by atomic mass is 79.9. The smallest absolute Gasteiger partial charge is 0.328 e. The summed E-state index contributed by atoms with van der Waals surface area (Å²) >= 11 is 6.82. The third kappa shape index (κ3) is 6.07. The van der Waals surface area contributed by atoms with Gasteiger partial charge >= 0.3 is 5.97 Å². The van der Waals surface area contributed by atoms with E-state index in [1.165, 1.54) is 6.08 Å². The summed E-state index contributed by atoms with van der Waals surface area (Å²) in [6.07, 6.45) is 2.78. The molecule has 0 aliphatic heterocycles. The molecule has 1 N–H and O–H groups in total. The van der Waals surface area contributed by atoms with Crippen molar-refractivity contribution in [3.8, 4) is 5.75 Å². The molecule has 0 atom stereocenters. The van der Waals surface area contributed by atoms with Crippen molar-refractivity contribution in [1.29, 1.82) is 0 Å². The van der Waals surface area contributed by atoms with Gasteiger partial charge < -0.3 is 14.6 Å². The van der Waals surface area contributed by atoms with E-state index in [1.807, 2.05) is 13.8 Å². The highest BCUT2D eigenvalue weighted by molar-refractivity contribution is 9.11. The van der Waals surface area contributed by atoms with Crippen molar-refractivity contribution in [1.82, 2.24) is 0 Å². The largest absolute Gasteiger partial charge is 0.489 e. The van der Waals surface area contributed by atoms with E-state index in [1.54, 1.807) is 12.1 Å². The molecule has 0 bridgehead atoms. The summed E-state index contributed by atoms with van der Waals surface area (Å²) in [6.45, 7) is 4.89. The number of ether oxygens (including phenoxy) is 2. The predicted molar refractivity (Wildman–Crippen MR) is 85.1 cm³/mol. The Hall–Kier alpha value is -0.850. The maximum atomic E-state index is 10.5. The van der Waals surface area contributed by atoms with Gasteiger partial charge in [-0.3, -0.25) is 0 Å². The van der Waals surface area contributed by atoms with Crippen LogP contribution in [0.4, 0.5) is 0 Å². The van der Waals surface area contributed by atoms with Gasteiger partial charge in [-0.05, 0) is 69.5 Å². The molecular weight excluding hydrogens is 392 g/mol. The van der Waals surface area contributed by atoms with Crippen LogP contribution in [0.25, 0.3) is 6.08 Å². The summed E-state index contributed by atoms with van der Waals surface area (Å²) in [7, 11) is 0. The molecule has 0 saturated heterocycles. The van der Waals surface area contributed by atoms with Crippen LogP contribution in [0, 0.1) is 0 Å². The lowest BCUT2D eigenvalue weighted by Crippen LogP contribution is -2.11. The van der Waals surface area contributed by atoms with E-state index in [4.69, 9.17) is 14.6 Å². The molecule has 0 aliphatic carbocycles. The van der Waals surface area contributed by atoms with Gasteiger partial charge in [0.2, 0.25) is 0 Å². The van der Waals surface area contributed by atoms with E-state index in [-0.39, 0.29) is 6.10 Å². The summed E-state index contributed by atoms with van der Waals surface area (Å²) in [6, 6.07) is 3.59. The first-order chi connectivity index (χ1) is 9.40. The van der Waals surface area contributed by atoms with Crippen LogP contribution in [0.5, 0.6) is 5.75 Å². The lowest BCUT2D eigenvalue weighted by molar-refractivity contribution is -0.131. The average molecular weight is 408 g/mol. The molecule has 1 aromatic carbocycles. The van der Waals surface area contributed by atoms with Crippen LogP contribution in [0.3, 0.4) is 0 Å². The number of benzene rings is 1. The molecule has 0 saturated carbocycles. The van der Waals surface area contributed by atoms with Gasteiger partial charge in [0.05, 0.1) is 21.7 Å². The Kier molecular flexibility index (Phi) is 7.26. The molecule has 0 aliphatic rings. The zero-order chi connectivity index (χ0) is 15.1. The fraction of sp³-hybridized carbons (Fsp3) is 0.357. The summed E-state index contributed by atoms with van der Waals surface area (Å²) < 4.78 is 12.5. The Balaban J connectivity index is 2.71. The van der Waals surface area contributed by atoms with Crippen LogP contribution in [-0.2, 0) is 9.53 Å². The van der Waals surface area contributed by atoms with E-state index in [9.17, 15) is 4.79 Å². The highest BCUT2D eigenvalue weighted by Gasteiger charge is 2.08. The number of halogens is 2. The minimum Gasteiger partial charge on any atom is -0.489 e. The van der Waals surface area contributed by atoms with Gasteiger partial charge in [-0.25, -0.2) is 4.79 Å². The number of rotatable bonds is 7. The van der Waals surface area contributed by atoms with E-state index in [0.717, 1.165) is 20.6 Å². The Labute approximate surface area is 135 Å². The molecule has 0 fully saturated rings. The van der Waals surface area contributed by atoms with Crippen LogP contribution < -0.4 is 4.74 Å². The average Bonchev–Trinajstić information content (AvgIpc) is 2.34. The summed E-state index contributed by atoms with van der Waals surface area (Å²) in [5.41, 5.74) is 0.761. The molecule has 6 heteroatoms. The molecule has 1 rings (SSSR count). The molecular formula is C14H16Br2O4. The van der Waals surface area contributed by atoms with Gasteiger partial charge in [0.25, 0.3) is 0 Å². The summed E-state index contributed by atoms with van der Waals surface area (Å²) in [4.78, 5) is 10.5. The van der Waals surface area contributed by atoms with Crippen molar-refractivity contribution < 1.29 is 19.4 Å². The number of carbonyl (C=O) groups is 1. The van der Waals surface area contributed by atoms with E-state index < -0.39 is 5.97 Å². The molecule has 0 radical (unpaired) electrons. The van der Waals surface area contributed by atoms with E-state index >= 15 is 0 Å². The molecule has 1 aromatic rings. The first kappa shape index (κ1) is 17.2. The normalized spacial score (nSPS) is 11.2. The Morgan fingerprint density at radius 2 is 1.90 bits per heavy atom. The topological polar surface area (TPSA) is 55.8 Å². The van der Waals surface area contributed by atoms with Gasteiger partial charge in [0.15, 0.2) is 0 Å². The summed E-state index contributed by atoms with van der Waals surface area (Å²) in [5, 5.41) is 8.61. The number of carboxylic acids is 1. The van der Waals surface area contributed by atoms with Crippen LogP contribution in [0.2, 0.25) is 0 Å². The van der Waals surface area contributed by atoms with Gasteiger partial charge in [-0.2, -0.15) is 0 Å². The quantitative estimate of drug-likeness (QED) is 0.545. The van der Waals surface area contributed by atoms with Crippen LogP contribution in [0.1, 0.15) is 19.4 Å². The predicted octanol–water partition coefficient (Wildman–Crippen LogP) is 4.11. The monoisotopic (exact) mass is 406 g/mol. The fourth-order valence-corrected chi connectivity index (χ4v) is 2.86. The molecule has 0 unspecified atom stereocenters. The standard InChI is InChI=1S/C14H16Br2O4/c1-9(2)19-5-6-20-14-11(15)7-10(8-12(14)16)3-4-13(17)18/h3-4,7-9H,5-6H2,1-2H3,(H,17,18)/b4-3+. The van der Waals surface area contributed by atoms with Crippen molar-refractivity contribution >= 4 is 43.9 Å². The molecule has 4 nitrogen and oxygen atoms in total. The second-order valence-corrected chi connectivity index (χ2v) is 5.96. The summed E-state index contributed by atoms with van der Waals surface area (Å²) in [5.74, 6) is -0.312. The van der Waals surface area contributed by atoms with E-state index in [0.29, 0.717) is 19.0 Å². The number of carboxylic acid groups (broad SMARTS) is 1. The number of aliphatic carboxylic acids is 1. The van der Waals surface area contributed by atoms with Crippen LogP contribution in [0.15, 0.2) is 27.2 Å². The zero-order valence-electron chi connectivity index (χ0n) is 11.2. The van der Waals surface area contributed by atoms with Crippen LogP contribution in [-0.4, -0.2) is 30.4 Å². The second-order valence-electron chi connectivity index (χ2n) is 4.25. The van der Waals surface area contributed by atoms with Crippen molar-refractivity contribution in [3.05, 3.63) is 32.7 Å². The molecule has 0 heterocycles. The molecule has 0 spiro atoms. The van der Waals surface area contributed by atoms with Crippen LogP contribution >= 0.6 is 31.9 Å². The molecule has 0 amide bonds. The van der Waals surface area contributed by atoms with Gasteiger partial charge in [0.1, 0.15) is 12.4 Å². The Bertz CT molecular complexity index is 475. The molecule has 20 heavy (non-hydrogen) atoms.